The molecule has 2 aromatic rings. The molecule has 0 fully saturated rings. The lowest BCUT2D eigenvalue weighted by Crippen LogP contribution is -2.52. The summed E-state index contributed by atoms with van der Waals surface area (Å²) in [4.78, 5) is 28.4. The van der Waals surface area contributed by atoms with Crippen LogP contribution < -0.4 is 19.1 Å². The minimum absolute atomic E-state index is 0.158. The maximum absolute atomic E-state index is 13.8. The summed E-state index contributed by atoms with van der Waals surface area (Å²) in [6.07, 6.45) is 1.40. The van der Waals surface area contributed by atoms with E-state index in [0.717, 1.165) is 21.7 Å². The van der Waals surface area contributed by atoms with Crippen molar-refractivity contribution in [3.63, 3.8) is 0 Å². The fourth-order valence-corrected chi connectivity index (χ4v) is 4.79. The molecular weight excluding hydrogens is 494 g/mol. The zero-order valence-corrected chi connectivity index (χ0v) is 23.6. The molecule has 0 bridgehead atoms. The number of anilines is 1. The summed E-state index contributed by atoms with van der Waals surface area (Å²) in [6.45, 7) is 7.89. The zero-order valence-electron chi connectivity index (χ0n) is 22.8. The van der Waals surface area contributed by atoms with E-state index in [0.29, 0.717) is 18.7 Å². The molecule has 37 heavy (non-hydrogen) atoms. The molecule has 10 heteroatoms. The van der Waals surface area contributed by atoms with Gasteiger partial charge in [0.1, 0.15) is 24.1 Å². The van der Waals surface area contributed by atoms with Crippen LogP contribution in [-0.2, 0) is 26.2 Å². The van der Waals surface area contributed by atoms with Gasteiger partial charge < -0.3 is 19.7 Å². The Morgan fingerprint density at radius 3 is 2.30 bits per heavy atom. The molecule has 0 saturated heterocycles. The van der Waals surface area contributed by atoms with Crippen LogP contribution in [0.2, 0.25) is 0 Å². The van der Waals surface area contributed by atoms with Gasteiger partial charge in [-0.15, -0.1) is 0 Å². The average molecular weight is 534 g/mol. The fourth-order valence-electron chi connectivity index (χ4n) is 3.93. The Kier molecular flexibility index (Phi) is 10.8. The van der Waals surface area contributed by atoms with Crippen LogP contribution in [0.4, 0.5) is 5.69 Å². The highest BCUT2D eigenvalue weighted by Gasteiger charge is 2.32. The minimum atomic E-state index is -3.89. The number of methoxy groups -OCH3 is 2. The Labute approximate surface area is 220 Å². The molecule has 0 radical (unpaired) electrons. The van der Waals surface area contributed by atoms with Gasteiger partial charge in [-0.05, 0) is 37.0 Å². The van der Waals surface area contributed by atoms with Crippen LogP contribution in [0.5, 0.6) is 11.5 Å². The van der Waals surface area contributed by atoms with Crippen molar-refractivity contribution >= 4 is 27.5 Å². The van der Waals surface area contributed by atoms with Crippen LogP contribution in [0.3, 0.4) is 0 Å². The number of aryl methyl sites for hydroxylation is 1. The molecule has 9 nitrogen and oxygen atoms in total. The number of nitrogens with one attached hydrogen (secondary N) is 1. The van der Waals surface area contributed by atoms with Crippen molar-refractivity contribution in [3.05, 3.63) is 53.6 Å². The molecule has 204 valence electrons. The molecule has 0 aromatic heterocycles. The van der Waals surface area contributed by atoms with Crippen LogP contribution >= 0.6 is 0 Å². The third-order valence-electron chi connectivity index (χ3n) is 5.84. The summed E-state index contributed by atoms with van der Waals surface area (Å²) in [5, 5.41) is 2.91. The van der Waals surface area contributed by atoms with E-state index in [-0.39, 0.29) is 29.8 Å². The number of carbonyl (C=O) groups excluding carboxylic acids is 2. The predicted molar refractivity (Wildman–Crippen MR) is 145 cm³/mol. The molecule has 2 amide bonds. The largest absolute Gasteiger partial charge is 0.497 e. The monoisotopic (exact) mass is 533 g/mol. The number of hydrogen-bond donors (Lipinski definition) is 1. The second-order valence-electron chi connectivity index (χ2n) is 9.38. The van der Waals surface area contributed by atoms with Gasteiger partial charge >= 0.3 is 0 Å². The molecule has 2 rings (SSSR count). The first kappa shape index (κ1) is 30.0. The summed E-state index contributed by atoms with van der Waals surface area (Å²) >= 11 is 0. The van der Waals surface area contributed by atoms with Crippen LogP contribution in [0, 0.1) is 12.8 Å². The lowest BCUT2D eigenvalue weighted by Gasteiger charge is -2.33. The Bertz CT molecular complexity index is 1180. The van der Waals surface area contributed by atoms with E-state index in [1.807, 2.05) is 52.0 Å². The van der Waals surface area contributed by atoms with Gasteiger partial charge in [0.2, 0.25) is 21.8 Å². The van der Waals surface area contributed by atoms with E-state index in [4.69, 9.17) is 9.47 Å². The lowest BCUT2D eigenvalue weighted by atomic mass is 10.1. The summed E-state index contributed by atoms with van der Waals surface area (Å²) < 4.78 is 37.3. The minimum Gasteiger partial charge on any atom is -0.497 e. The van der Waals surface area contributed by atoms with Crippen LogP contribution in [-0.4, -0.2) is 64.7 Å². The number of ether oxygens (including phenoxy) is 2. The number of carbonyl (C=O) groups is 2. The summed E-state index contributed by atoms with van der Waals surface area (Å²) in [5.74, 6) is 0.186. The van der Waals surface area contributed by atoms with Gasteiger partial charge in [0.05, 0.1) is 26.2 Å². The molecule has 1 atom stereocenters. The second-order valence-corrected chi connectivity index (χ2v) is 11.3. The van der Waals surface area contributed by atoms with Crippen molar-refractivity contribution in [1.29, 1.82) is 0 Å². The third kappa shape index (κ3) is 8.38. The summed E-state index contributed by atoms with van der Waals surface area (Å²) in [7, 11) is -0.984. The van der Waals surface area contributed by atoms with Crippen molar-refractivity contribution in [1.82, 2.24) is 10.2 Å². The lowest BCUT2D eigenvalue weighted by molar-refractivity contribution is -0.140. The van der Waals surface area contributed by atoms with Crippen molar-refractivity contribution in [3.8, 4) is 11.5 Å². The van der Waals surface area contributed by atoms with Gasteiger partial charge in [0, 0.05) is 19.2 Å². The quantitative estimate of drug-likeness (QED) is 0.423. The second kappa shape index (κ2) is 13.3. The van der Waals surface area contributed by atoms with Crippen molar-refractivity contribution in [2.75, 3.05) is 37.9 Å². The topological polar surface area (TPSA) is 105 Å². The third-order valence-corrected chi connectivity index (χ3v) is 6.97. The Morgan fingerprint density at radius 2 is 1.76 bits per heavy atom. The Balaban J connectivity index is 2.49. The summed E-state index contributed by atoms with van der Waals surface area (Å²) in [5.41, 5.74) is 2.06. The number of benzene rings is 2. The van der Waals surface area contributed by atoms with Gasteiger partial charge in [-0.25, -0.2) is 8.42 Å². The van der Waals surface area contributed by atoms with Crippen LogP contribution in [0.1, 0.15) is 38.3 Å². The molecule has 0 aliphatic heterocycles. The fraction of sp³-hybridized carbons (Fsp3) is 0.481. The van der Waals surface area contributed by atoms with Gasteiger partial charge in [0.15, 0.2) is 0 Å². The Morgan fingerprint density at radius 1 is 1.05 bits per heavy atom. The van der Waals surface area contributed by atoms with Gasteiger partial charge in [0.25, 0.3) is 0 Å². The molecule has 0 aliphatic rings. The number of amides is 2. The first-order valence-corrected chi connectivity index (χ1v) is 14.1. The van der Waals surface area contributed by atoms with Gasteiger partial charge in [-0.1, -0.05) is 50.6 Å². The highest BCUT2D eigenvalue weighted by Crippen LogP contribution is 2.33. The molecule has 0 unspecified atom stereocenters. The van der Waals surface area contributed by atoms with Crippen LogP contribution in [0.25, 0.3) is 0 Å². The zero-order chi connectivity index (χ0) is 27.8. The first-order chi connectivity index (χ1) is 17.4. The average Bonchev–Trinajstić information content (AvgIpc) is 2.84. The van der Waals surface area contributed by atoms with Crippen LogP contribution in [0.15, 0.2) is 42.5 Å². The highest BCUT2D eigenvalue weighted by atomic mass is 32.2. The molecule has 2 aromatic carbocycles. The number of sulfonamides is 1. The normalized spacial score (nSPS) is 12.1. The predicted octanol–water partition coefficient (Wildman–Crippen LogP) is 3.36. The van der Waals surface area contributed by atoms with Gasteiger partial charge in [-0.2, -0.15) is 0 Å². The van der Waals surface area contributed by atoms with Crippen molar-refractivity contribution < 1.29 is 27.5 Å². The SMILES string of the molecule is CC[C@H](C(=O)NCC(C)C)N(Cc1cccc(C)c1)C(=O)CN(c1ccc(OC)cc1OC)S(C)(=O)=O. The molecule has 0 saturated carbocycles. The van der Waals surface area contributed by atoms with E-state index < -0.39 is 28.5 Å². The van der Waals surface area contributed by atoms with E-state index in [1.54, 1.807) is 12.1 Å². The molecular formula is C27H39N3O6S. The molecule has 0 spiro atoms. The summed E-state index contributed by atoms with van der Waals surface area (Å²) in [6, 6.07) is 11.6. The number of rotatable bonds is 13. The highest BCUT2D eigenvalue weighted by molar-refractivity contribution is 7.92. The smallest absolute Gasteiger partial charge is 0.244 e. The number of hydrogen-bond acceptors (Lipinski definition) is 6. The molecule has 0 aliphatic carbocycles. The number of nitrogens with zero attached hydrogens (tertiary/aromatic N) is 2. The maximum Gasteiger partial charge on any atom is 0.244 e. The van der Waals surface area contributed by atoms with Crippen molar-refractivity contribution in [2.45, 2.75) is 46.7 Å². The molecule has 1 N–H and O–H groups in total. The van der Waals surface area contributed by atoms with E-state index >= 15 is 0 Å². The maximum atomic E-state index is 13.8. The van der Waals surface area contributed by atoms with E-state index in [2.05, 4.69) is 5.32 Å². The van der Waals surface area contributed by atoms with E-state index in [9.17, 15) is 18.0 Å². The molecule has 0 heterocycles. The van der Waals surface area contributed by atoms with Crippen molar-refractivity contribution in [2.24, 2.45) is 5.92 Å². The van der Waals surface area contributed by atoms with E-state index in [1.165, 1.54) is 25.2 Å². The first-order valence-electron chi connectivity index (χ1n) is 12.2. The Hall–Kier alpha value is -3.27. The standard InChI is InChI=1S/C27H39N3O6S/c1-8-23(27(32)28-16-19(2)3)29(17-21-11-9-10-20(4)14-21)26(31)18-30(37(7,33)34)24-13-12-22(35-5)15-25(24)36-6/h9-15,19,23H,8,16-18H2,1-7H3,(H,28,32)/t23-/m1/s1. The van der Waals surface area contributed by atoms with Gasteiger partial charge in [-0.3, -0.25) is 13.9 Å².